The Balaban J connectivity index is 1.28. The molecule has 2 heterocycles. The van der Waals surface area contributed by atoms with Crippen LogP contribution in [-0.2, 0) is 9.59 Å². The molecule has 0 unspecified atom stereocenters. The summed E-state index contributed by atoms with van der Waals surface area (Å²) >= 11 is 0. The van der Waals surface area contributed by atoms with Gasteiger partial charge in [-0.15, -0.1) is 0 Å². The molecule has 0 radical (unpaired) electrons. The van der Waals surface area contributed by atoms with Gasteiger partial charge in [0.05, 0.1) is 0 Å². The van der Waals surface area contributed by atoms with E-state index in [4.69, 9.17) is 0 Å². The number of nitrogens with zero attached hydrogens (tertiary/aromatic N) is 4. The number of carbonyl (C=O) groups is 2. The van der Waals surface area contributed by atoms with Crippen molar-refractivity contribution in [1.82, 2.24) is 9.80 Å². The van der Waals surface area contributed by atoms with E-state index >= 15 is 0 Å². The minimum atomic E-state index is -0.574. The molecule has 0 aromatic heterocycles. The fourth-order valence-corrected chi connectivity index (χ4v) is 3.95. The summed E-state index contributed by atoms with van der Waals surface area (Å²) in [6, 6.07) is 17.9. The molecule has 2 aliphatic rings. The third kappa shape index (κ3) is 4.74. The second-order valence-corrected chi connectivity index (χ2v) is 7.91. The van der Waals surface area contributed by atoms with E-state index in [-0.39, 0.29) is 0 Å². The van der Waals surface area contributed by atoms with E-state index in [0.717, 1.165) is 50.6 Å². The molecule has 2 fully saturated rings. The summed E-state index contributed by atoms with van der Waals surface area (Å²) in [6.07, 6.45) is 0. The van der Waals surface area contributed by atoms with Crippen molar-refractivity contribution in [1.29, 1.82) is 0 Å². The minimum Gasteiger partial charge on any atom is -0.369 e. The number of anilines is 3. The maximum absolute atomic E-state index is 12.6. The second kappa shape index (κ2) is 9.17. The van der Waals surface area contributed by atoms with E-state index in [1.807, 2.05) is 42.5 Å². The van der Waals surface area contributed by atoms with Gasteiger partial charge in [-0.2, -0.15) is 0 Å². The highest BCUT2D eigenvalue weighted by molar-refractivity contribution is 6.39. The lowest BCUT2D eigenvalue weighted by Gasteiger charge is -2.35. The van der Waals surface area contributed by atoms with Gasteiger partial charge in [-0.05, 0) is 43.4 Å². The number of nitrogens with one attached hydrogen (secondary N) is 1. The molecule has 4 rings (SSSR count). The van der Waals surface area contributed by atoms with Crippen LogP contribution in [-0.4, -0.2) is 81.0 Å². The van der Waals surface area contributed by atoms with Crippen molar-refractivity contribution >= 4 is 28.9 Å². The van der Waals surface area contributed by atoms with E-state index in [0.29, 0.717) is 18.8 Å². The number of hydrogen-bond donors (Lipinski definition) is 1. The second-order valence-electron chi connectivity index (χ2n) is 7.91. The average Bonchev–Trinajstić information content (AvgIpc) is 2.80. The van der Waals surface area contributed by atoms with Gasteiger partial charge in [0.15, 0.2) is 0 Å². The monoisotopic (exact) mass is 407 g/mol. The van der Waals surface area contributed by atoms with Gasteiger partial charge < -0.3 is 24.9 Å². The van der Waals surface area contributed by atoms with E-state index in [2.05, 4.69) is 39.2 Å². The Morgan fingerprint density at radius 2 is 1.23 bits per heavy atom. The molecule has 0 saturated carbocycles. The highest BCUT2D eigenvalue weighted by Gasteiger charge is 2.26. The summed E-state index contributed by atoms with van der Waals surface area (Å²) in [5.74, 6) is -1.04. The zero-order chi connectivity index (χ0) is 20.9. The SMILES string of the molecule is CN1CCN(c2ccc(NC(=O)C(=O)N3CCN(c4ccccc4)CC3)cc2)CC1. The van der Waals surface area contributed by atoms with E-state index in [9.17, 15) is 9.59 Å². The smallest absolute Gasteiger partial charge is 0.313 e. The Kier molecular flexibility index (Phi) is 6.18. The van der Waals surface area contributed by atoms with Crippen molar-refractivity contribution < 1.29 is 9.59 Å². The number of hydrogen-bond acceptors (Lipinski definition) is 5. The molecule has 0 bridgehead atoms. The van der Waals surface area contributed by atoms with Crippen LogP contribution in [0.15, 0.2) is 54.6 Å². The number of para-hydroxylation sites is 1. The molecule has 2 saturated heterocycles. The van der Waals surface area contributed by atoms with Crippen molar-refractivity contribution in [3.63, 3.8) is 0 Å². The molecule has 7 heteroatoms. The van der Waals surface area contributed by atoms with E-state index in [1.54, 1.807) is 4.90 Å². The van der Waals surface area contributed by atoms with Crippen LogP contribution in [0.1, 0.15) is 0 Å². The number of carbonyl (C=O) groups excluding carboxylic acids is 2. The van der Waals surface area contributed by atoms with Gasteiger partial charge in [0.1, 0.15) is 0 Å². The Hall–Kier alpha value is -3.06. The first kappa shape index (κ1) is 20.2. The summed E-state index contributed by atoms with van der Waals surface area (Å²) in [6.45, 7) is 6.62. The molecule has 2 aromatic carbocycles. The number of rotatable bonds is 3. The predicted octanol–water partition coefficient (Wildman–Crippen LogP) is 1.73. The molecule has 0 atom stereocenters. The fourth-order valence-electron chi connectivity index (χ4n) is 3.95. The largest absolute Gasteiger partial charge is 0.369 e. The van der Waals surface area contributed by atoms with Crippen molar-refractivity contribution in [2.75, 3.05) is 74.5 Å². The van der Waals surface area contributed by atoms with Gasteiger partial charge in [0.25, 0.3) is 0 Å². The van der Waals surface area contributed by atoms with Crippen LogP contribution in [0.5, 0.6) is 0 Å². The van der Waals surface area contributed by atoms with Gasteiger partial charge in [-0.25, -0.2) is 0 Å². The lowest BCUT2D eigenvalue weighted by atomic mass is 10.2. The van der Waals surface area contributed by atoms with Gasteiger partial charge in [0.2, 0.25) is 0 Å². The highest BCUT2D eigenvalue weighted by Crippen LogP contribution is 2.20. The lowest BCUT2D eigenvalue weighted by Crippen LogP contribution is -2.51. The average molecular weight is 408 g/mol. The van der Waals surface area contributed by atoms with Gasteiger partial charge in [0, 0.05) is 69.4 Å². The van der Waals surface area contributed by atoms with Gasteiger partial charge >= 0.3 is 11.8 Å². The maximum atomic E-state index is 12.6. The Morgan fingerprint density at radius 1 is 0.700 bits per heavy atom. The molecule has 2 aliphatic heterocycles. The third-order valence-electron chi connectivity index (χ3n) is 5.88. The zero-order valence-electron chi connectivity index (χ0n) is 17.5. The summed E-state index contributed by atoms with van der Waals surface area (Å²) < 4.78 is 0. The molecule has 1 N–H and O–H groups in total. The first-order valence-corrected chi connectivity index (χ1v) is 10.5. The molecular formula is C23H29N5O2. The molecule has 2 aromatic rings. The predicted molar refractivity (Wildman–Crippen MR) is 120 cm³/mol. The molecule has 0 spiro atoms. The zero-order valence-corrected chi connectivity index (χ0v) is 17.5. The van der Waals surface area contributed by atoms with Crippen molar-refractivity contribution in [3.05, 3.63) is 54.6 Å². The van der Waals surface area contributed by atoms with Crippen LogP contribution in [0.2, 0.25) is 0 Å². The summed E-state index contributed by atoms with van der Waals surface area (Å²) in [4.78, 5) is 33.5. The van der Waals surface area contributed by atoms with Crippen LogP contribution >= 0.6 is 0 Å². The number of piperazine rings is 2. The van der Waals surface area contributed by atoms with Crippen molar-refractivity contribution in [2.45, 2.75) is 0 Å². The molecule has 0 aliphatic carbocycles. The third-order valence-corrected chi connectivity index (χ3v) is 5.88. The normalized spacial score (nSPS) is 17.7. The van der Waals surface area contributed by atoms with Crippen LogP contribution < -0.4 is 15.1 Å². The number of benzene rings is 2. The quantitative estimate of drug-likeness (QED) is 0.786. The minimum absolute atomic E-state index is 0.467. The molecule has 7 nitrogen and oxygen atoms in total. The summed E-state index contributed by atoms with van der Waals surface area (Å²) in [5, 5.41) is 2.75. The van der Waals surface area contributed by atoms with Crippen LogP contribution in [0.3, 0.4) is 0 Å². The molecule has 30 heavy (non-hydrogen) atoms. The van der Waals surface area contributed by atoms with Gasteiger partial charge in [-0.1, -0.05) is 18.2 Å². The molecule has 158 valence electrons. The Bertz CT molecular complexity index is 855. The lowest BCUT2D eigenvalue weighted by molar-refractivity contribution is -0.143. The summed E-state index contributed by atoms with van der Waals surface area (Å²) in [5.41, 5.74) is 2.94. The first-order valence-electron chi connectivity index (χ1n) is 10.5. The maximum Gasteiger partial charge on any atom is 0.313 e. The van der Waals surface area contributed by atoms with E-state index < -0.39 is 11.8 Å². The Labute approximate surface area is 177 Å². The number of amides is 2. The number of likely N-dealkylation sites (N-methyl/N-ethyl adjacent to an activating group) is 1. The topological polar surface area (TPSA) is 59.1 Å². The Morgan fingerprint density at radius 3 is 1.83 bits per heavy atom. The molecule has 2 amide bonds. The van der Waals surface area contributed by atoms with Crippen molar-refractivity contribution in [2.24, 2.45) is 0 Å². The first-order chi connectivity index (χ1) is 14.6. The van der Waals surface area contributed by atoms with Crippen LogP contribution in [0.25, 0.3) is 0 Å². The van der Waals surface area contributed by atoms with Crippen LogP contribution in [0.4, 0.5) is 17.1 Å². The standard InChI is InChI=1S/C23H29N5O2/c1-25-11-13-26(14-12-25)21-9-7-19(8-10-21)24-22(29)23(30)28-17-15-27(16-18-28)20-5-3-2-4-6-20/h2-10H,11-18H2,1H3,(H,24,29). The van der Waals surface area contributed by atoms with E-state index in [1.165, 1.54) is 0 Å². The summed E-state index contributed by atoms with van der Waals surface area (Å²) in [7, 11) is 2.13. The van der Waals surface area contributed by atoms with Gasteiger partial charge in [-0.3, -0.25) is 9.59 Å². The van der Waals surface area contributed by atoms with Crippen molar-refractivity contribution in [3.8, 4) is 0 Å². The van der Waals surface area contributed by atoms with Crippen LogP contribution in [0, 0.1) is 0 Å². The fraction of sp³-hybridized carbons (Fsp3) is 0.391. The highest BCUT2D eigenvalue weighted by atomic mass is 16.2. The molecular weight excluding hydrogens is 378 g/mol.